The molecule has 3 rings (SSSR count). The van der Waals surface area contributed by atoms with Gasteiger partial charge in [-0.2, -0.15) is 0 Å². The predicted octanol–water partition coefficient (Wildman–Crippen LogP) is 2.86. The molecular weight excluding hydrogens is 290 g/mol. The number of carbonyl (C=O) groups is 2. The summed E-state index contributed by atoms with van der Waals surface area (Å²) in [5.74, 6) is 0.0488. The van der Waals surface area contributed by atoms with Crippen LogP contribution in [-0.2, 0) is 9.59 Å². The Balaban J connectivity index is 1.53. The molecule has 5 heteroatoms. The lowest BCUT2D eigenvalue weighted by Gasteiger charge is -2.16. The highest BCUT2D eigenvalue weighted by molar-refractivity contribution is 5.96. The van der Waals surface area contributed by atoms with Crippen LogP contribution in [0.1, 0.15) is 12.8 Å². The summed E-state index contributed by atoms with van der Waals surface area (Å²) >= 11 is 0. The molecule has 23 heavy (non-hydrogen) atoms. The molecule has 0 radical (unpaired) electrons. The number of nitrogens with one attached hydrogen (secondary N) is 2. The second-order valence-electron chi connectivity index (χ2n) is 5.46. The first kappa shape index (κ1) is 15.1. The van der Waals surface area contributed by atoms with Crippen molar-refractivity contribution in [3.63, 3.8) is 0 Å². The van der Waals surface area contributed by atoms with Gasteiger partial charge in [0.05, 0.1) is 6.54 Å². The Kier molecular flexibility index (Phi) is 4.57. The van der Waals surface area contributed by atoms with Gasteiger partial charge in [-0.15, -0.1) is 0 Å². The smallest absolute Gasteiger partial charge is 0.243 e. The average molecular weight is 309 g/mol. The van der Waals surface area contributed by atoms with Crippen molar-refractivity contribution < 1.29 is 9.59 Å². The van der Waals surface area contributed by atoms with E-state index in [1.165, 1.54) is 0 Å². The van der Waals surface area contributed by atoms with Crippen molar-refractivity contribution >= 4 is 28.9 Å². The maximum atomic E-state index is 11.9. The summed E-state index contributed by atoms with van der Waals surface area (Å²) in [4.78, 5) is 25.4. The Labute approximate surface area is 135 Å². The molecule has 2 N–H and O–H groups in total. The molecule has 2 aromatic carbocycles. The second kappa shape index (κ2) is 6.96. The summed E-state index contributed by atoms with van der Waals surface area (Å²) in [6, 6.07) is 17.0. The van der Waals surface area contributed by atoms with E-state index in [4.69, 9.17) is 0 Å². The van der Waals surface area contributed by atoms with E-state index in [1.54, 1.807) is 4.90 Å². The van der Waals surface area contributed by atoms with E-state index < -0.39 is 0 Å². The number of carbonyl (C=O) groups excluding carboxylic acids is 2. The molecule has 1 fully saturated rings. The third kappa shape index (κ3) is 3.88. The van der Waals surface area contributed by atoms with Crippen LogP contribution in [0.15, 0.2) is 54.6 Å². The van der Waals surface area contributed by atoms with Crippen molar-refractivity contribution in [3.8, 4) is 0 Å². The Morgan fingerprint density at radius 2 is 1.74 bits per heavy atom. The van der Waals surface area contributed by atoms with Crippen LogP contribution in [0.4, 0.5) is 17.1 Å². The van der Waals surface area contributed by atoms with E-state index in [0.717, 1.165) is 30.0 Å². The van der Waals surface area contributed by atoms with Gasteiger partial charge in [-0.25, -0.2) is 0 Å². The molecule has 0 unspecified atom stereocenters. The van der Waals surface area contributed by atoms with Crippen molar-refractivity contribution in [2.45, 2.75) is 12.8 Å². The van der Waals surface area contributed by atoms with E-state index in [-0.39, 0.29) is 18.4 Å². The first-order valence-electron chi connectivity index (χ1n) is 7.71. The molecule has 0 saturated carbocycles. The highest BCUT2D eigenvalue weighted by Crippen LogP contribution is 2.22. The standard InChI is InChI=1S/C18H19N3O2/c22-17(13-19-14-5-2-1-3-6-14)20-15-8-10-16(11-9-15)21-12-4-7-18(21)23/h1-3,5-6,8-11,19H,4,7,12-13H2,(H,20,22). The second-order valence-corrected chi connectivity index (χ2v) is 5.46. The van der Waals surface area contributed by atoms with Crippen LogP contribution in [0.5, 0.6) is 0 Å². The van der Waals surface area contributed by atoms with Gasteiger partial charge in [-0.3, -0.25) is 9.59 Å². The summed E-state index contributed by atoms with van der Waals surface area (Å²) in [6.45, 7) is 0.974. The number of hydrogen-bond donors (Lipinski definition) is 2. The van der Waals surface area contributed by atoms with Crippen molar-refractivity contribution in [1.82, 2.24) is 0 Å². The molecule has 0 bridgehead atoms. The van der Waals surface area contributed by atoms with Crippen LogP contribution in [0, 0.1) is 0 Å². The summed E-state index contributed by atoms with van der Waals surface area (Å²) < 4.78 is 0. The van der Waals surface area contributed by atoms with Gasteiger partial charge in [0.2, 0.25) is 11.8 Å². The maximum absolute atomic E-state index is 11.9. The van der Waals surface area contributed by atoms with Crippen LogP contribution in [0.2, 0.25) is 0 Å². The zero-order valence-corrected chi connectivity index (χ0v) is 12.8. The third-order valence-electron chi connectivity index (χ3n) is 3.76. The van der Waals surface area contributed by atoms with Gasteiger partial charge in [-0.05, 0) is 42.8 Å². The SMILES string of the molecule is O=C(CNc1ccccc1)Nc1ccc(N2CCCC2=O)cc1. The quantitative estimate of drug-likeness (QED) is 0.893. The molecule has 118 valence electrons. The van der Waals surface area contributed by atoms with Gasteiger partial charge in [0, 0.05) is 30.0 Å². The predicted molar refractivity (Wildman–Crippen MR) is 91.6 cm³/mol. The zero-order valence-electron chi connectivity index (χ0n) is 12.8. The molecule has 1 aliphatic heterocycles. The fraction of sp³-hybridized carbons (Fsp3) is 0.222. The highest BCUT2D eigenvalue weighted by atomic mass is 16.2. The summed E-state index contributed by atoms with van der Waals surface area (Å²) in [7, 11) is 0. The number of rotatable bonds is 5. The van der Waals surface area contributed by atoms with Crippen LogP contribution < -0.4 is 15.5 Å². The van der Waals surface area contributed by atoms with Crippen LogP contribution >= 0.6 is 0 Å². The van der Waals surface area contributed by atoms with Gasteiger partial charge < -0.3 is 15.5 Å². The minimum absolute atomic E-state index is 0.112. The van der Waals surface area contributed by atoms with Gasteiger partial charge in [0.1, 0.15) is 0 Å². The molecule has 1 heterocycles. The average Bonchev–Trinajstić information content (AvgIpc) is 3.01. The number of amides is 2. The normalized spacial score (nSPS) is 13.9. The summed E-state index contributed by atoms with van der Waals surface area (Å²) in [6.07, 6.45) is 1.52. The van der Waals surface area contributed by atoms with E-state index >= 15 is 0 Å². The molecule has 0 atom stereocenters. The van der Waals surface area contributed by atoms with Crippen LogP contribution in [0.25, 0.3) is 0 Å². The Morgan fingerprint density at radius 3 is 2.39 bits per heavy atom. The highest BCUT2D eigenvalue weighted by Gasteiger charge is 2.21. The topological polar surface area (TPSA) is 61.4 Å². The van der Waals surface area contributed by atoms with Crippen LogP contribution in [0.3, 0.4) is 0 Å². The fourth-order valence-corrected chi connectivity index (χ4v) is 2.59. The van der Waals surface area contributed by atoms with E-state index in [0.29, 0.717) is 6.42 Å². The molecule has 1 aliphatic rings. The van der Waals surface area contributed by atoms with Crippen molar-refractivity contribution in [2.75, 3.05) is 28.6 Å². The number of para-hydroxylation sites is 1. The lowest BCUT2D eigenvalue weighted by atomic mass is 10.2. The number of hydrogen-bond acceptors (Lipinski definition) is 3. The molecule has 5 nitrogen and oxygen atoms in total. The zero-order chi connectivity index (χ0) is 16.1. The molecule has 0 spiro atoms. The summed E-state index contributed by atoms with van der Waals surface area (Å²) in [5, 5.41) is 5.90. The van der Waals surface area contributed by atoms with E-state index in [2.05, 4.69) is 10.6 Å². The van der Waals surface area contributed by atoms with Gasteiger partial charge in [0.15, 0.2) is 0 Å². The minimum Gasteiger partial charge on any atom is -0.376 e. The summed E-state index contributed by atoms with van der Waals surface area (Å²) in [5.41, 5.74) is 2.51. The number of nitrogens with zero attached hydrogens (tertiary/aromatic N) is 1. The van der Waals surface area contributed by atoms with E-state index in [9.17, 15) is 9.59 Å². The van der Waals surface area contributed by atoms with E-state index in [1.807, 2.05) is 54.6 Å². The van der Waals surface area contributed by atoms with Crippen molar-refractivity contribution in [2.24, 2.45) is 0 Å². The Morgan fingerprint density at radius 1 is 1.00 bits per heavy atom. The van der Waals surface area contributed by atoms with Crippen molar-refractivity contribution in [3.05, 3.63) is 54.6 Å². The lowest BCUT2D eigenvalue weighted by molar-refractivity contribution is -0.117. The number of anilines is 3. The van der Waals surface area contributed by atoms with Gasteiger partial charge in [0.25, 0.3) is 0 Å². The fourth-order valence-electron chi connectivity index (χ4n) is 2.59. The lowest BCUT2D eigenvalue weighted by Crippen LogP contribution is -2.24. The van der Waals surface area contributed by atoms with Crippen LogP contribution in [-0.4, -0.2) is 24.9 Å². The van der Waals surface area contributed by atoms with Gasteiger partial charge >= 0.3 is 0 Å². The molecule has 1 saturated heterocycles. The maximum Gasteiger partial charge on any atom is 0.243 e. The Bertz CT molecular complexity index is 683. The first-order chi connectivity index (χ1) is 11.2. The monoisotopic (exact) mass is 309 g/mol. The number of benzene rings is 2. The molecule has 2 amide bonds. The largest absolute Gasteiger partial charge is 0.376 e. The minimum atomic E-state index is -0.112. The third-order valence-corrected chi connectivity index (χ3v) is 3.76. The Hall–Kier alpha value is -2.82. The molecule has 2 aromatic rings. The molecule has 0 aliphatic carbocycles. The first-order valence-corrected chi connectivity index (χ1v) is 7.71. The van der Waals surface area contributed by atoms with Gasteiger partial charge in [-0.1, -0.05) is 18.2 Å². The molecule has 0 aromatic heterocycles. The molecular formula is C18H19N3O2. The van der Waals surface area contributed by atoms with Crippen molar-refractivity contribution in [1.29, 1.82) is 0 Å².